The molecule has 2 rings (SSSR count). The Balaban J connectivity index is 0.00000338. The van der Waals surface area contributed by atoms with Crippen LogP contribution in [0.1, 0.15) is 24.0 Å². The Morgan fingerprint density at radius 2 is 1.54 bits per heavy atom. The van der Waals surface area contributed by atoms with E-state index in [-0.39, 0.29) is 12.4 Å². The van der Waals surface area contributed by atoms with Gasteiger partial charge in [0.15, 0.2) is 0 Å². The highest BCUT2D eigenvalue weighted by Gasteiger charge is 2.29. The molecular formula is C20H25ClF3NO. The second-order valence-corrected chi connectivity index (χ2v) is 6.36. The van der Waals surface area contributed by atoms with Gasteiger partial charge in [0.1, 0.15) is 5.75 Å². The highest BCUT2D eigenvalue weighted by atomic mass is 35.5. The average molecular weight is 388 g/mol. The molecule has 0 aliphatic rings. The summed E-state index contributed by atoms with van der Waals surface area (Å²) in [4.78, 5) is 2.15. The van der Waals surface area contributed by atoms with Gasteiger partial charge in [-0.2, -0.15) is 13.2 Å². The molecule has 0 bridgehead atoms. The molecule has 0 heterocycles. The minimum atomic E-state index is -4.31. The lowest BCUT2D eigenvalue weighted by Crippen LogP contribution is -2.12. The molecule has 0 radical (unpaired) electrons. The summed E-state index contributed by atoms with van der Waals surface area (Å²) in [6.45, 7) is 1.03. The van der Waals surface area contributed by atoms with Gasteiger partial charge in [-0.15, -0.1) is 12.4 Å². The molecule has 0 aliphatic heterocycles. The predicted molar refractivity (Wildman–Crippen MR) is 102 cm³/mol. The number of hydrogen-bond donors (Lipinski definition) is 0. The maximum Gasteiger partial charge on any atom is 0.416 e. The molecule has 6 heteroatoms. The summed E-state index contributed by atoms with van der Waals surface area (Å²) >= 11 is 0. The van der Waals surface area contributed by atoms with Crippen molar-refractivity contribution in [2.24, 2.45) is 0 Å². The van der Waals surface area contributed by atoms with E-state index in [0.29, 0.717) is 0 Å². The van der Waals surface area contributed by atoms with Crippen LogP contribution in [0.15, 0.2) is 42.5 Å². The average Bonchev–Trinajstić information content (AvgIpc) is 2.57. The molecule has 26 heavy (non-hydrogen) atoms. The van der Waals surface area contributed by atoms with Crippen LogP contribution in [0.3, 0.4) is 0 Å². The van der Waals surface area contributed by atoms with Crippen LogP contribution in [0.5, 0.6) is 5.75 Å². The summed E-state index contributed by atoms with van der Waals surface area (Å²) in [5, 5.41) is 0. The largest absolute Gasteiger partial charge is 0.496 e. The lowest BCUT2D eigenvalue weighted by atomic mass is 9.98. The zero-order valence-electron chi connectivity index (χ0n) is 15.3. The second kappa shape index (κ2) is 9.83. The van der Waals surface area contributed by atoms with Crippen molar-refractivity contribution in [3.63, 3.8) is 0 Å². The van der Waals surface area contributed by atoms with Crippen LogP contribution in [0, 0.1) is 0 Å². The van der Waals surface area contributed by atoms with E-state index in [9.17, 15) is 13.2 Å². The quantitative estimate of drug-likeness (QED) is 0.566. The van der Waals surface area contributed by atoms with Gasteiger partial charge in [0.05, 0.1) is 12.7 Å². The summed E-state index contributed by atoms with van der Waals surface area (Å²) in [6, 6.07) is 11.0. The molecule has 2 nitrogen and oxygen atoms in total. The number of alkyl halides is 3. The molecule has 0 atom stereocenters. The van der Waals surface area contributed by atoms with Crippen LogP contribution < -0.4 is 4.74 Å². The number of methoxy groups -OCH3 is 1. The highest BCUT2D eigenvalue weighted by Crippen LogP contribution is 2.32. The van der Waals surface area contributed by atoms with Gasteiger partial charge in [0.25, 0.3) is 0 Å². The smallest absolute Gasteiger partial charge is 0.416 e. The van der Waals surface area contributed by atoms with Gasteiger partial charge in [0.2, 0.25) is 0 Å². The van der Waals surface area contributed by atoms with Gasteiger partial charge in [-0.25, -0.2) is 0 Å². The molecule has 0 N–H and O–H groups in total. The Hall–Kier alpha value is -1.72. The van der Waals surface area contributed by atoms with Crippen LogP contribution >= 0.6 is 12.4 Å². The Bertz CT molecular complexity index is 684. The molecule has 0 spiro atoms. The van der Waals surface area contributed by atoms with E-state index in [2.05, 4.69) is 4.90 Å². The predicted octanol–water partition coefficient (Wildman–Crippen LogP) is 5.69. The van der Waals surface area contributed by atoms with E-state index in [4.69, 9.17) is 4.74 Å². The minimum absolute atomic E-state index is 0. The van der Waals surface area contributed by atoms with Crippen LogP contribution in [-0.4, -0.2) is 32.6 Å². The lowest BCUT2D eigenvalue weighted by Gasteiger charge is -2.13. The highest BCUT2D eigenvalue weighted by molar-refractivity contribution is 5.85. The first kappa shape index (κ1) is 22.3. The molecule has 144 valence electrons. The third-order valence-corrected chi connectivity index (χ3v) is 4.13. The van der Waals surface area contributed by atoms with Crippen molar-refractivity contribution in [1.82, 2.24) is 4.90 Å². The van der Waals surface area contributed by atoms with Crippen LogP contribution in [0.2, 0.25) is 0 Å². The Kier molecular flexibility index (Phi) is 8.44. The van der Waals surface area contributed by atoms with Crippen molar-refractivity contribution in [3.8, 4) is 16.9 Å². The fraction of sp³-hybridized carbons (Fsp3) is 0.400. The Labute approximate surface area is 159 Å². The van der Waals surface area contributed by atoms with Crippen molar-refractivity contribution < 1.29 is 17.9 Å². The number of unbranched alkanes of at least 4 members (excludes halogenated alkanes) is 1. The van der Waals surface area contributed by atoms with E-state index < -0.39 is 11.7 Å². The van der Waals surface area contributed by atoms with Crippen molar-refractivity contribution in [2.75, 3.05) is 27.7 Å². The summed E-state index contributed by atoms with van der Waals surface area (Å²) in [6.07, 6.45) is -1.31. The van der Waals surface area contributed by atoms with Gasteiger partial charge >= 0.3 is 6.18 Å². The number of halogens is 4. The van der Waals surface area contributed by atoms with Crippen LogP contribution in [0.4, 0.5) is 13.2 Å². The molecule has 2 aromatic carbocycles. The molecular weight excluding hydrogens is 363 g/mol. The molecule has 0 aliphatic carbocycles. The van der Waals surface area contributed by atoms with E-state index in [1.165, 1.54) is 12.1 Å². The maximum atomic E-state index is 12.7. The molecule has 2 aromatic rings. The molecule has 0 aromatic heterocycles. The number of benzene rings is 2. The molecule has 0 unspecified atom stereocenters. The minimum Gasteiger partial charge on any atom is -0.496 e. The van der Waals surface area contributed by atoms with Crippen molar-refractivity contribution in [1.29, 1.82) is 0 Å². The van der Waals surface area contributed by atoms with Gasteiger partial charge in [-0.05, 0) is 80.9 Å². The SMILES string of the molecule is COc1ccc(-c2ccc(C(F)(F)F)cc2)cc1CCCCN(C)C.Cl. The lowest BCUT2D eigenvalue weighted by molar-refractivity contribution is -0.137. The van der Waals surface area contributed by atoms with Crippen molar-refractivity contribution in [3.05, 3.63) is 53.6 Å². The zero-order valence-corrected chi connectivity index (χ0v) is 16.1. The topological polar surface area (TPSA) is 12.5 Å². The number of hydrogen-bond acceptors (Lipinski definition) is 2. The van der Waals surface area contributed by atoms with E-state index in [0.717, 1.165) is 60.4 Å². The summed E-state index contributed by atoms with van der Waals surface area (Å²) in [5.74, 6) is 0.820. The third kappa shape index (κ3) is 6.22. The summed E-state index contributed by atoms with van der Waals surface area (Å²) < 4.78 is 43.5. The Morgan fingerprint density at radius 3 is 2.08 bits per heavy atom. The van der Waals surface area contributed by atoms with Crippen molar-refractivity contribution in [2.45, 2.75) is 25.4 Å². The summed E-state index contributed by atoms with van der Waals surface area (Å²) in [7, 11) is 5.73. The van der Waals surface area contributed by atoms with Gasteiger partial charge in [-0.1, -0.05) is 18.2 Å². The van der Waals surface area contributed by atoms with Gasteiger partial charge in [0, 0.05) is 0 Å². The Morgan fingerprint density at radius 1 is 0.923 bits per heavy atom. The number of ether oxygens (including phenoxy) is 1. The van der Waals surface area contributed by atoms with Gasteiger partial charge in [-0.3, -0.25) is 0 Å². The van der Waals surface area contributed by atoms with Crippen LogP contribution in [0.25, 0.3) is 11.1 Å². The number of nitrogens with zero attached hydrogens (tertiary/aromatic N) is 1. The molecule has 0 saturated carbocycles. The normalized spacial score (nSPS) is 11.3. The fourth-order valence-corrected chi connectivity index (χ4v) is 2.75. The monoisotopic (exact) mass is 387 g/mol. The standard InChI is InChI=1S/C20H24F3NO.ClH/c1-24(2)13-5-4-6-17-14-16(9-12-19(17)25-3)15-7-10-18(11-8-15)20(21,22)23;/h7-12,14H,4-6,13H2,1-3H3;1H. The third-order valence-electron chi connectivity index (χ3n) is 4.13. The second-order valence-electron chi connectivity index (χ2n) is 6.36. The number of rotatable bonds is 7. The van der Waals surface area contributed by atoms with Gasteiger partial charge < -0.3 is 9.64 Å². The van der Waals surface area contributed by atoms with Crippen LogP contribution in [-0.2, 0) is 12.6 Å². The van der Waals surface area contributed by atoms with E-state index in [1.54, 1.807) is 7.11 Å². The van der Waals surface area contributed by atoms with E-state index in [1.807, 2.05) is 32.3 Å². The first-order chi connectivity index (χ1) is 11.8. The summed E-state index contributed by atoms with van der Waals surface area (Å²) in [5.41, 5.74) is 2.12. The number of aryl methyl sites for hydroxylation is 1. The molecule has 0 fully saturated rings. The van der Waals surface area contributed by atoms with Crippen molar-refractivity contribution >= 4 is 12.4 Å². The molecule has 0 amide bonds. The van der Waals surface area contributed by atoms with E-state index >= 15 is 0 Å². The first-order valence-corrected chi connectivity index (χ1v) is 8.30. The zero-order chi connectivity index (χ0) is 18.4. The molecule has 0 saturated heterocycles. The fourth-order valence-electron chi connectivity index (χ4n) is 2.75. The maximum absolute atomic E-state index is 12.7. The first-order valence-electron chi connectivity index (χ1n) is 8.30.